The maximum absolute atomic E-state index is 14.0. The van der Waals surface area contributed by atoms with E-state index in [1.165, 1.54) is 17.4 Å². The molecule has 1 amide bonds. The van der Waals surface area contributed by atoms with Crippen molar-refractivity contribution in [3.8, 4) is 10.6 Å². The van der Waals surface area contributed by atoms with E-state index in [0.29, 0.717) is 28.9 Å². The molecule has 11 heteroatoms. The number of thiazole rings is 1. The van der Waals surface area contributed by atoms with Gasteiger partial charge in [-0.3, -0.25) is 9.78 Å². The number of nitrogens with zero attached hydrogens (tertiary/aromatic N) is 5. The van der Waals surface area contributed by atoms with Gasteiger partial charge >= 0.3 is 0 Å². The monoisotopic (exact) mass is 438 g/mol. The molecule has 1 atom stereocenters. The number of hydrogen-bond donors (Lipinski definition) is 3. The molecule has 158 valence electrons. The summed E-state index contributed by atoms with van der Waals surface area (Å²) in [5.41, 5.74) is 1.92. The van der Waals surface area contributed by atoms with Gasteiger partial charge < -0.3 is 20.5 Å². The molecule has 9 nitrogen and oxygen atoms in total. The molecular formula is C20H19FN8OS. The van der Waals surface area contributed by atoms with Crippen molar-refractivity contribution in [3.63, 3.8) is 0 Å². The third-order valence-electron chi connectivity index (χ3n) is 5.03. The number of halogens is 1. The molecule has 3 N–H and O–H groups in total. The van der Waals surface area contributed by atoms with Crippen LogP contribution in [-0.2, 0) is 11.3 Å². The van der Waals surface area contributed by atoms with Gasteiger partial charge in [0.05, 0.1) is 29.0 Å². The van der Waals surface area contributed by atoms with E-state index in [0.717, 1.165) is 24.0 Å². The van der Waals surface area contributed by atoms with E-state index < -0.39 is 0 Å². The van der Waals surface area contributed by atoms with Crippen molar-refractivity contribution in [2.45, 2.75) is 19.0 Å². The third kappa shape index (κ3) is 4.09. The van der Waals surface area contributed by atoms with Crippen LogP contribution < -0.4 is 16.0 Å². The largest absolute Gasteiger partial charge is 0.353 e. The lowest BCUT2D eigenvalue weighted by Crippen LogP contribution is -2.53. The van der Waals surface area contributed by atoms with E-state index in [-0.39, 0.29) is 23.5 Å². The van der Waals surface area contributed by atoms with Gasteiger partial charge in [-0.2, -0.15) is 0 Å². The quantitative estimate of drug-likeness (QED) is 0.406. The molecule has 31 heavy (non-hydrogen) atoms. The number of pyridine rings is 2. The average Bonchev–Trinajstić information content (AvgIpc) is 3.34. The Morgan fingerprint density at radius 1 is 1.29 bits per heavy atom. The number of nitrogens with one attached hydrogen (secondary N) is 3. The summed E-state index contributed by atoms with van der Waals surface area (Å²) in [5.74, 6) is 0.240. The van der Waals surface area contributed by atoms with Crippen LogP contribution in [0.15, 0.2) is 43.1 Å². The van der Waals surface area contributed by atoms with Crippen LogP contribution in [-0.4, -0.2) is 49.5 Å². The average molecular weight is 438 g/mol. The van der Waals surface area contributed by atoms with E-state index in [2.05, 4.69) is 35.9 Å². The number of amides is 1. The van der Waals surface area contributed by atoms with Crippen molar-refractivity contribution in [3.05, 3.63) is 48.9 Å². The number of imidazole rings is 1. The summed E-state index contributed by atoms with van der Waals surface area (Å²) >= 11 is 1.29. The van der Waals surface area contributed by atoms with Crippen LogP contribution in [0.4, 0.5) is 15.3 Å². The van der Waals surface area contributed by atoms with Crippen LogP contribution in [0.5, 0.6) is 0 Å². The zero-order chi connectivity index (χ0) is 21.2. The molecule has 0 radical (unpaired) electrons. The molecule has 1 aliphatic heterocycles. The van der Waals surface area contributed by atoms with Crippen LogP contribution in [0.1, 0.15) is 6.42 Å². The van der Waals surface area contributed by atoms with Gasteiger partial charge in [0.1, 0.15) is 22.8 Å². The summed E-state index contributed by atoms with van der Waals surface area (Å²) in [6.45, 7) is 2.00. The second kappa shape index (κ2) is 8.36. The van der Waals surface area contributed by atoms with Gasteiger partial charge in [0.25, 0.3) is 0 Å². The minimum atomic E-state index is -0.388. The fourth-order valence-corrected chi connectivity index (χ4v) is 4.08. The maximum Gasteiger partial charge on any atom is 0.237 e. The number of carbonyl (C=O) groups excluding carboxylic acids is 1. The lowest BCUT2D eigenvalue weighted by Gasteiger charge is -2.26. The van der Waals surface area contributed by atoms with Crippen molar-refractivity contribution in [2.75, 3.05) is 18.4 Å². The van der Waals surface area contributed by atoms with Gasteiger partial charge in [0.15, 0.2) is 5.13 Å². The Balaban J connectivity index is 1.28. The summed E-state index contributed by atoms with van der Waals surface area (Å²) in [6.07, 6.45) is 7.42. The van der Waals surface area contributed by atoms with Crippen LogP contribution in [0, 0.1) is 5.82 Å². The second-order valence-electron chi connectivity index (χ2n) is 7.07. The highest BCUT2D eigenvalue weighted by Crippen LogP contribution is 2.30. The predicted octanol–water partition coefficient (Wildman–Crippen LogP) is 2.31. The van der Waals surface area contributed by atoms with Crippen LogP contribution in [0.25, 0.3) is 21.6 Å². The van der Waals surface area contributed by atoms with Crippen molar-refractivity contribution >= 4 is 39.2 Å². The fourth-order valence-electron chi connectivity index (χ4n) is 3.26. The standard InChI is InChI=1S/C20H19FN8OS/c21-12-2-1-4-23-18(12)16-10-26-20(31-16)28-17-8-15-14(9-25-17)27-11-29(15)7-6-24-19(30)13-3-5-22-13/h1-2,4,8-11,13,22H,3,5-7H2,(H,24,30)(H,25,26,28)/t13-/m0/s1. The molecule has 0 aliphatic carbocycles. The van der Waals surface area contributed by atoms with E-state index in [4.69, 9.17) is 0 Å². The molecule has 0 saturated carbocycles. The topological polar surface area (TPSA) is 110 Å². The molecule has 1 fully saturated rings. The Morgan fingerprint density at radius 3 is 3.00 bits per heavy atom. The summed E-state index contributed by atoms with van der Waals surface area (Å²) in [6, 6.07) is 4.73. The van der Waals surface area contributed by atoms with E-state index in [9.17, 15) is 9.18 Å². The number of fused-ring (bicyclic) bond motifs is 1. The number of hydrogen-bond acceptors (Lipinski definition) is 8. The lowest BCUT2D eigenvalue weighted by atomic mass is 10.1. The van der Waals surface area contributed by atoms with E-state index in [1.807, 2.05) is 10.6 Å². The van der Waals surface area contributed by atoms with Gasteiger partial charge in [-0.25, -0.2) is 19.3 Å². The molecule has 0 aromatic carbocycles. The Kier molecular flexibility index (Phi) is 5.26. The van der Waals surface area contributed by atoms with Gasteiger partial charge in [0.2, 0.25) is 5.91 Å². The molecule has 0 bridgehead atoms. The third-order valence-corrected chi connectivity index (χ3v) is 5.95. The van der Waals surface area contributed by atoms with Gasteiger partial charge in [-0.05, 0) is 25.1 Å². The smallest absolute Gasteiger partial charge is 0.237 e. The van der Waals surface area contributed by atoms with Crippen LogP contribution in [0.2, 0.25) is 0 Å². The Labute approximate surface area is 180 Å². The molecule has 4 aromatic rings. The number of anilines is 2. The molecule has 5 rings (SSSR count). The summed E-state index contributed by atoms with van der Waals surface area (Å²) in [7, 11) is 0. The van der Waals surface area contributed by atoms with Gasteiger partial charge in [-0.1, -0.05) is 11.3 Å². The lowest BCUT2D eigenvalue weighted by molar-refractivity contribution is -0.124. The summed E-state index contributed by atoms with van der Waals surface area (Å²) < 4.78 is 15.9. The Hall–Kier alpha value is -3.44. The normalized spacial score (nSPS) is 15.6. The SMILES string of the molecule is O=C(NCCn1cnc2cnc(Nc3ncc(-c4ncccc4F)s3)cc21)[C@@H]1CCN1. The highest BCUT2D eigenvalue weighted by molar-refractivity contribution is 7.18. The first-order chi connectivity index (χ1) is 15.2. The number of carbonyl (C=O) groups is 1. The fraction of sp³-hybridized carbons (Fsp3) is 0.250. The minimum Gasteiger partial charge on any atom is -0.353 e. The molecule has 5 heterocycles. The number of rotatable bonds is 7. The molecule has 1 aliphatic rings. The molecule has 4 aromatic heterocycles. The molecule has 0 unspecified atom stereocenters. The van der Waals surface area contributed by atoms with Crippen molar-refractivity contribution < 1.29 is 9.18 Å². The zero-order valence-corrected chi connectivity index (χ0v) is 17.2. The van der Waals surface area contributed by atoms with E-state index >= 15 is 0 Å². The van der Waals surface area contributed by atoms with Crippen molar-refractivity contribution in [1.29, 1.82) is 0 Å². The Bertz CT molecular complexity index is 1230. The Morgan fingerprint density at radius 2 is 2.19 bits per heavy atom. The minimum absolute atomic E-state index is 0.0311. The first-order valence-electron chi connectivity index (χ1n) is 9.83. The molecule has 1 saturated heterocycles. The van der Waals surface area contributed by atoms with Crippen molar-refractivity contribution in [1.82, 2.24) is 35.1 Å². The van der Waals surface area contributed by atoms with Gasteiger partial charge in [0, 0.05) is 31.5 Å². The van der Waals surface area contributed by atoms with Crippen LogP contribution in [0.3, 0.4) is 0 Å². The first-order valence-corrected chi connectivity index (χ1v) is 10.6. The zero-order valence-electron chi connectivity index (χ0n) is 16.4. The highest BCUT2D eigenvalue weighted by Gasteiger charge is 2.23. The predicted molar refractivity (Wildman–Crippen MR) is 116 cm³/mol. The first kappa shape index (κ1) is 19.5. The maximum atomic E-state index is 14.0. The molecule has 0 spiro atoms. The van der Waals surface area contributed by atoms with E-state index in [1.54, 1.807) is 31.0 Å². The second-order valence-corrected chi connectivity index (χ2v) is 8.10. The van der Waals surface area contributed by atoms with Crippen LogP contribution >= 0.6 is 11.3 Å². The van der Waals surface area contributed by atoms with Gasteiger partial charge in [-0.15, -0.1) is 0 Å². The molecular weight excluding hydrogens is 419 g/mol. The van der Waals surface area contributed by atoms with Crippen molar-refractivity contribution in [2.24, 2.45) is 0 Å². The summed E-state index contributed by atoms with van der Waals surface area (Å²) in [5, 5.41) is 9.76. The summed E-state index contributed by atoms with van der Waals surface area (Å²) in [4.78, 5) is 29.7. The highest BCUT2D eigenvalue weighted by atomic mass is 32.1. The number of aromatic nitrogens is 5.